The van der Waals surface area contributed by atoms with Crippen molar-refractivity contribution >= 4 is 6.08 Å². The number of para-hydroxylation sites is 1. The third kappa shape index (κ3) is 6.25. The summed E-state index contributed by atoms with van der Waals surface area (Å²) in [5.41, 5.74) is 1.08. The number of benzene rings is 1. The summed E-state index contributed by atoms with van der Waals surface area (Å²) in [4.78, 5) is 2.55. The van der Waals surface area contributed by atoms with Crippen molar-refractivity contribution in [2.75, 3.05) is 26.2 Å². The van der Waals surface area contributed by atoms with E-state index < -0.39 is 0 Å². The van der Waals surface area contributed by atoms with Crippen LogP contribution in [0.2, 0.25) is 0 Å². The Morgan fingerprint density at radius 1 is 1.05 bits per heavy atom. The van der Waals surface area contributed by atoms with Gasteiger partial charge in [0.05, 0.1) is 6.61 Å². The van der Waals surface area contributed by atoms with E-state index in [1.807, 2.05) is 30.3 Å². The summed E-state index contributed by atoms with van der Waals surface area (Å²) in [5, 5.41) is 0. The summed E-state index contributed by atoms with van der Waals surface area (Å²) in [6, 6.07) is 8.06. The zero-order valence-corrected chi connectivity index (χ0v) is 13.1. The molecule has 0 fully saturated rings. The minimum atomic E-state index is 0.789. The Balaban J connectivity index is 2.22. The second-order valence-electron chi connectivity index (χ2n) is 5.14. The maximum atomic E-state index is 5.84. The van der Waals surface area contributed by atoms with Gasteiger partial charge in [0.15, 0.2) is 0 Å². The molecular formula is C18H29NO. The number of hydrogen-bond acceptors (Lipinski definition) is 2. The van der Waals surface area contributed by atoms with Gasteiger partial charge in [-0.2, -0.15) is 0 Å². The van der Waals surface area contributed by atoms with Crippen LogP contribution in [0.1, 0.15) is 45.1 Å². The van der Waals surface area contributed by atoms with Gasteiger partial charge in [0.1, 0.15) is 5.75 Å². The molecule has 112 valence electrons. The van der Waals surface area contributed by atoms with E-state index in [1.165, 1.54) is 38.9 Å². The number of nitrogens with zero attached hydrogens (tertiary/aromatic N) is 1. The van der Waals surface area contributed by atoms with Gasteiger partial charge in [-0.15, -0.1) is 0 Å². The zero-order valence-electron chi connectivity index (χ0n) is 13.1. The number of hydrogen-bond donors (Lipinski definition) is 0. The first-order valence-corrected chi connectivity index (χ1v) is 7.88. The second kappa shape index (κ2) is 10.5. The predicted octanol–water partition coefficient (Wildman–Crippen LogP) is 4.61. The fourth-order valence-electron chi connectivity index (χ4n) is 2.37. The van der Waals surface area contributed by atoms with Crippen LogP contribution < -0.4 is 4.74 Å². The number of unbranched alkanes of at least 4 members (excludes halogenated alkanes) is 1. The Bertz CT molecular complexity index is 369. The highest BCUT2D eigenvalue weighted by Crippen LogP contribution is 2.19. The van der Waals surface area contributed by atoms with Crippen LogP contribution in [0.4, 0.5) is 0 Å². The van der Waals surface area contributed by atoms with Gasteiger partial charge in [0, 0.05) is 5.56 Å². The molecule has 0 saturated carbocycles. The van der Waals surface area contributed by atoms with E-state index in [-0.39, 0.29) is 0 Å². The van der Waals surface area contributed by atoms with Crippen LogP contribution in [0.25, 0.3) is 6.08 Å². The Morgan fingerprint density at radius 2 is 1.75 bits per heavy atom. The van der Waals surface area contributed by atoms with E-state index in [0.717, 1.165) is 24.3 Å². The highest BCUT2D eigenvalue weighted by atomic mass is 16.5. The largest absolute Gasteiger partial charge is 0.493 e. The van der Waals surface area contributed by atoms with Gasteiger partial charge in [-0.25, -0.2) is 0 Å². The van der Waals surface area contributed by atoms with Crippen molar-refractivity contribution < 1.29 is 4.74 Å². The topological polar surface area (TPSA) is 12.5 Å². The number of rotatable bonds is 11. The van der Waals surface area contributed by atoms with Gasteiger partial charge in [-0.3, -0.25) is 0 Å². The summed E-state index contributed by atoms with van der Waals surface area (Å²) < 4.78 is 5.84. The summed E-state index contributed by atoms with van der Waals surface area (Å²) in [6.07, 6.45) is 6.64. The molecule has 0 aromatic heterocycles. The van der Waals surface area contributed by atoms with Gasteiger partial charge in [-0.05, 0) is 51.4 Å². The van der Waals surface area contributed by atoms with Gasteiger partial charge >= 0.3 is 0 Å². The normalized spacial score (nSPS) is 10.8. The van der Waals surface area contributed by atoms with Crippen molar-refractivity contribution in [3.8, 4) is 5.75 Å². The van der Waals surface area contributed by atoms with E-state index in [9.17, 15) is 0 Å². The van der Waals surface area contributed by atoms with Crippen LogP contribution in [-0.2, 0) is 0 Å². The van der Waals surface area contributed by atoms with Gasteiger partial charge in [0.2, 0.25) is 0 Å². The van der Waals surface area contributed by atoms with Crippen molar-refractivity contribution in [3.05, 3.63) is 36.4 Å². The van der Waals surface area contributed by atoms with E-state index in [1.54, 1.807) is 0 Å². The average molecular weight is 275 g/mol. The maximum absolute atomic E-state index is 5.84. The van der Waals surface area contributed by atoms with E-state index in [0.29, 0.717) is 0 Å². The molecule has 0 aliphatic carbocycles. The van der Waals surface area contributed by atoms with Gasteiger partial charge in [0.25, 0.3) is 0 Å². The molecule has 0 saturated heterocycles. The van der Waals surface area contributed by atoms with Crippen LogP contribution in [0.15, 0.2) is 30.8 Å². The summed E-state index contributed by atoms with van der Waals surface area (Å²) in [6.45, 7) is 12.7. The van der Waals surface area contributed by atoms with Crippen LogP contribution in [-0.4, -0.2) is 31.1 Å². The molecule has 0 radical (unpaired) electrons. The summed E-state index contributed by atoms with van der Waals surface area (Å²) in [7, 11) is 0. The first-order valence-electron chi connectivity index (χ1n) is 7.88. The highest BCUT2D eigenvalue weighted by molar-refractivity contribution is 5.55. The van der Waals surface area contributed by atoms with E-state index in [4.69, 9.17) is 4.74 Å². The molecule has 20 heavy (non-hydrogen) atoms. The van der Waals surface area contributed by atoms with Crippen LogP contribution in [0, 0.1) is 0 Å². The second-order valence-corrected chi connectivity index (χ2v) is 5.14. The maximum Gasteiger partial charge on any atom is 0.126 e. The quantitative estimate of drug-likeness (QED) is 0.547. The molecule has 0 heterocycles. The molecule has 0 aliphatic rings. The third-order valence-electron chi connectivity index (χ3n) is 3.34. The molecule has 0 aliphatic heterocycles. The Kier molecular flexibility index (Phi) is 8.81. The summed E-state index contributed by atoms with van der Waals surface area (Å²) in [5.74, 6) is 0.946. The predicted molar refractivity (Wildman–Crippen MR) is 88.3 cm³/mol. The summed E-state index contributed by atoms with van der Waals surface area (Å²) >= 11 is 0. The van der Waals surface area contributed by atoms with Crippen LogP contribution in [0.3, 0.4) is 0 Å². The first kappa shape index (κ1) is 16.8. The molecule has 0 spiro atoms. The molecule has 1 rings (SSSR count). The first-order chi connectivity index (χ1) is 9.81. The van der Waals surface area contributed by atoms with E-state index >= 15 is 0 Å². The van der Waals surface area contributed by atoms with Crippen molar-refractivity contribution in [2.45, 2.75) is 39.5 Å². The Labute approximate surface area is 124 Å². The highest BCUT2D eigenvalue weighted by Gasteiger charge is 2.02. The lowest BCUT2D eigenvalue weighted by Crippen LogP contribution is -2.26. The zero-order chi connectivity index (χ0) is 14.6. The Hall–Kier alpha value is -1.28. The van der Waals surface area contributed by atoms with Gasteiger partial charge < -0.3 is 9.64 Å². The molecule has 0 amide bonds. The molecule has 0 N–H and O–H groups in total. The SMILES string of the molecule is C=Cc1ccccc1OCCCCN(CCC)CCC. The third-order valence-corrected chi connectivity index (χ3v) is 3.34. The smallest absolute Gasteiger partial charge is 0.126 e. The van der Waals surface area contributed by atoms with E-state index in [2.05, 4.69) is 25.3 Å². The van der Waals surface area contributed by atoms with Crippen molar-refractivity contribution in [3.63, 3.8) is 0 Å². The lowest BCUT2D eigenvalue weighted by molar-refractivity contribution is 0.250. The van der Waals surface area contributed by atoms with Crippen LogP contribution >= 0.6 is 0 Å². The van der Waals surface area contributed by atoms with Crippen LogP contribution in [0.5, 0.6) is 5.75 Å². The fourth-order valence-corrected chi connectivity index (χ4v) is 2.37. The Morgan fingerprint density at radius 3 is 2.40 bits per heavy atom. The monoisotopic (exact) mass is 275 g/mol. The minimum Gasteiger partial charge on any atom is -0.493 e. The van der Waals surface area contributed by atoms with Gasteiger partial charge in [-0.1, -0.05) is 44.7 Å². The molecule has 0 unspecified atom stereocenters. The molecular weight excluding hydrogens is 246 g/mol. The molecule has 1 aromatic rings. The molecule has 1 aromatic carbocycles. The molecule has 2 heteroatoms. The molecule has 0 atom stereocenters. The standard InChI is InChI=1S/C18H29NO/c1-4-13-19(14-5-2)15-9-10-16-20-18-12-8-7-11-17(18)6-3/h6-8,11-12H,3-5,9-10,13-16H2,1-2H3. The number of ether oxygens (including phenoxy) is 1. The van der Waals surface area contributed by atoms with Crippen molar-refractivity contribution in [1.82, 2.24) is 4.90 Å². The molecule has 2 nitrogen and oxygen atoms in total. The molecule has 0 bridgehead atoms. The lowest BCUT2D eigenvalue weighted by Gasteiger charge is -2.20. The fraction of sp³-hybridized carbons (Fsp3) is 0.556. The van der Waals surface area contributed by atoms with Crippen molar-refractivity contribution in [1.29, 1.82) is 0 Å². The average Bonchev–Trinajstić information content (AvgIpc) is 2.47. The van der Waals surface area contributed by atoms with Crippen molar-refractivity contribution in [2.24, 2.45) is 0 Å². The lowest BCUT2D eigenvalue weighted by atomic mass is 10.2. The minimum absolute atomic E-state index is 0.789.